The third-order valence-corrected chi connectivity index (χ3v) is 11.5. The maximum absolute atomic E-state index is 2.27. The summed E-state index contributed by atoms with van der Waals surface area (Å²) in [6.07, 6.45) is 0. The van der Waals surface area contributed by atoms with E-state index < -0.39 is 0 Å². The van der Waals surface area contributed by atoms with Gasteiger partial charge in [0.25, 0.3) is 0 Å². The third kappa shape index (κ3) is 1.49. The van der Waals surface area contributed by atoms with Gasteiger partial charge in [-0.2, -0.15) is 0 Å². The molecule has 5 aromatic heterocycles. The van der Waals surface area contributed by atoms with E-state index in [1.807, 2.05) is 56.7 Å². The first-order valence-electron chi connectivity index (χ1n) is 6.79. The van der Waals surface area contributed by atoms with Crippen LogP contribution in [0.15, 0.2) is 0 Å². The van der Waals surface area contributed by atoms with E-state index in [1.54, 1.807) is 0 Å². The fourth-order valence-electron chi connectivity index (χ4n) is 2.85. The van der Waals surface area contributed by atoms with Crippen molar-refractivity contribution in [3.63, 3.8) is 0 Å². The number of hydrogen-bond acceptors (Lipinski definition) is 5. The van der Waals surface area contributed by atoms with Crippen LogP contribution in [0.3, 0.4) is 0 Å². The van der Waals surface area contributed by atoms with E-state index in [0.717, 1.165) is 0 Å². The van der Waals surface area contributed by atoms with Crippen LogP contribution >= 0.6 is 56.7 Å². The van der Waals surface area contributed by atoms with Crippen molar-refractivity contribution in [3.05, 3.63) is 20.9 Å². The van der Waals surface area contributed by atoms with E-state index in [0.29, 0.717) is 0 Å². The Hall–Kier alpha value is -0.460. The van der Waals surface area contributed by atoms with Gasteiger partial charge < -0.3 is 0 Å². The summed E-state index contributed by atoms with van der Waals surface area (Å²) in [4.78, 5) is 2.95. The molecule has 0 aliphatic heterocycles. The van der Waals surface area contributed by atoms with Gasteiger partial charge in [-0.25, -0.2) is 0 Å². The van der Waals surface area contributed by atoms with E-state index in [-0.39, 0.29) is 0 Å². The number of thiophene rings is 5. The number of rotatable bonds is 0. The molecular weight excluding hydrogens is 353 g/mol. The lowest BCUT2D eigenvalue weighted by atomic mass is 10.3. The molecule has 0 nitrogen and oxygen atoms in total. The molecule has 0 N–H and O–H groups in total. The van der Waals surface area contributed by atoms with Crippen LogP contribution in [0.25, 0.3) is 37.6 Å². The number of hydrogen-bond donors (Lipinski definition) is 0. The Morgan fingerprint density at radius 2 is 0.667 bits per heavy atom. The Labute approximate surface area is 142 Å². The SMILES string of the molecule is Cc1sc2c(sc3c2sc2c4sc(C)c(C)c4sc23)c1C. The molecule has 0 amide bonds. The van der Waals surface area contributed by atoms with Crippen LogP contribution in [0, 0.1) is 27.7 Å². The van der Waals surface area contributed by atoms with Crippen LogP contribution < -0.4 is 0 Å². The molecule has 5 heteroatoms. The van der Waals surface area contributed by atoms with E-state index in [9.17, 15) is 0 Å². The predicted octanol–water partition coefficient (Wildman–Crippen LogP) is 7.84. The molecule has 0 saturated carbocycles. The Bertz CT molecular complexity index is 1080. The van der Waals surface area contributed by atoms with Crippen molar-refractivity contribution < 1.29 is 0 Å². The molecule has 0 spiro atoms. The van der Waals surface area contributed by atoms with Crippen molar-refractivity contribution in [1.82, 2.24) is 0 Å². The van der Waals surface area contributed by atoms with Crippen molar-refractivity contribution in [2.24, 2.45) is 0 Å². The van der Waals surface area contributed by atoms with Crippen molar-refractivity contribution in [2.75, 3.05) is 0 Å². The molecule has 0 aliphatic rings. The molecule has 5 aromatic rings. The van der Waals surface area contributed by atoms with Gasteiger partial charge in [0.2, 0.25) is 0 Å². The van der Waals surface area contributed by atoms with Gasteiger partial charge in [-0.1, -0.05) is 0 Å². The summed E-state index contributed by atoms with van der Waals surface area (Å²) in [5.41, 5.74) is 2.98. The second-order valence-corrected chi connectivity index (χ2v) is 11.0. The highest BCUT2D eigenvalue weighted by Gasteiger charge is 2.21. The van der Waals surface area contributed by atoms with Gasteiger partial charge in [-0.3, -0.25) is 0 Å². The summed E-state index contributed by atoms with van der Waals surface area (Å²) in [6, 6.07) is 0. The van der Waals surface area contributed by atoms with Crippen LogP contribution in [0.1, 0.15) is 20.9 Å². The molecular formula is C16H12S5. The minimum atomic E-state index is 1.47. The highest BCUT2D eigenvalue weighted by Crippen LogP contribution is 2.54. The Kier molecular flexibility index (Phi) is 2.53. The van der Waals surface area contributed by atoms with E-state index in [4.69, 9.17) is 0 Å². The number of fused-ring (bicyclic) bond motifs is 7. The van der Waals surface area contributed by atoms with E-state index in [2.05, 4.69) is 27.7 Å². The summed E-state index contributed by atoms with van der Waals surface area (Å²) in [7, 11) is 0. The molecule has 0 aromatic carbocycles. The first-order valence-corrected chi connectivity index (χ1v) is 10.9. The van der Waals surface area contributed by atoms with Crippen LogP contribution in [0.4, 0.5) is 0 Å². The molecule has 5 rings (SSSR count). The Morgan fingerprint density at radius 3 is 1.05 bits per heavy atom. The fraction of sp³-hybridized carbons (Fsp3) is 0.250. The lowest BCUT2D eigenvalue weighted by Gasteiger charge is -1.86. The van der Waals surface area contributed by atoms with Crippen LogP contribution in [-0.4, -0.2) is 0 Å². The van der Waals surface area contributed by atoms with Gasteiger partial charge >= 0.3 is 0 Å². The lowest BCUT2D eigenvalue weighted by Crippen LogP contribution is -1.64. The zero-order valence-electron chi connectivity index (χ0n) is 12.0. The van der Waals surface area contributed by atoms with Crippen LogP contribution in [0.5, 0.6) is 0 Å². The van der Waals surface area contributed by atoms with Gasteiger partial charge in [-0.15, -0.1) is 56.7 Å². The molecule has 106 valence electrons. The highest BCUT2D eigenvalue weighted by atomic mass is 32.1. The lowest BCUT2D eigenvalue weighted by molar-refractivity contribution is 1.48. The van der Waals surface area contributed by atoms with Crippen molar-refractivity contribution >= 4 is 94.3 Å². The quantitative estimate of drug-likeness (QED) is 0.262. The monoisotopic (exact) mass is 364 g/mol. The van der Waals surface area contributed by atoms with Gasteiger partial charge in [-0.05, 0) is 38.8 Å². The Balaban J connectivity index is 2.02. The molecule has 0 bridgehead atoms. The largest absolute Gasteiger partial charge is 0.138 e. The second-order valence-electron chi connectivity index (χ2n) is 5.51. The molecule has 0 radical (unpaired) electrons. The highest BCUT2D eigenvalue weighted by molar-refractivity contribution is 7.48. The normalized spacial score (nSPS) is 12.8. The summed E-state index contributed by atoms with van der Waals surface area (Å²) in [5.74, 6) is 0. The van der Waals surface area contributed by atoms with Gasteiger partial charge in [0.05, 0.1) is 37.6 Å². The minimum absolute atomic E-state index is 1.47. The Morgan fingerprint density at radius 1 is 0.381 bits per heavy atom. The van der Waals surface area contributed by atoms with E-state index >= 15 is 0 Å². The number of aryl methyl sites for hydroxylation is 4. The summed E-state index contributed by atoms with van der Waals surface area (Å²) < 4.78 is 12.2. The molecule has 0 fully saturated rings. The minimum Gasteiger partial charge on any atom is -0.138 e. The van der Waals surface area contributed by atoms with Crippen molar-refractivity contribution in [1.29, 1.82) is 0 Å². The topological polar surface area (TPSA) is 0 Å². The van der Waals surface area contributed by atoms with Crippen LogP contribution in [-0.2, 0) is 0 Å². The standard InChI is InChI=1S/C16H12S5/c1-5-7(3)17-11-9(5)19-15-13(11)21-14-12-10(20-16(14)15)6(2)8(4)18-12/h1-4H3. The molecule has 0 aliphatic carbocycles. The fourth-order valence-corrected chi connectivity index (χ4v) is 10.3. The average molecular weight is 365 g/mol. The molecule has 5 heterocycles. The zero-order chi connectivity index (χ0) is 14.5. The molecule has 0 unspecified atom stereocenters. The average Bonchev–Trinajstić information content (AvgIpc) is 3.16. The first kappa shape index (κ1) is 13.0. The summed E-state index contributed by atoms with van der Waals surface area (Å²) in [5, 5.41) is 0. The molecule has 21 heavy (non-hydrogen) atoms. The summed E-state index contributed by atoms with van der Waals surface area (Å²) >= 11 is 9.99. The third-order valence-electron chi connectivity index (χ3n) is 4.30. The van der Waals surface area contributed by atoms with Gasteiger partial charge in [0.1, 0.15) is 0 Å². The predicted molar refractivity (Wildman–Crippen MR) is 105 cm³/mol. The first-order chi connectivity index (χ1) is 10.1. The molecule has 0 saturated heterocycles. The smallest absolute Gasteiger partial charge is 0.0651 e. The molecule has 0 atom stereocenters. The zero-order valence-corrected chi connectivity index (χ0v) is 16.1. The second kappa shape index (κ2) is 4.09. The van der Waals surface area contributed by atoms with Crippen LogP contribution in [0.2, 0.25) is 0 Å². The van der Waals surface area contributed by atoms with E-state index in [1.165, 1.54) is 58.5 Å². The van der Waals surface area contributed by atoms with Crippen molar-refractivity contribution in [2.45, 2.75) is 27.7 Å². The summed E-state index contributed by atoms with van der Waals surface area (Å²) in [6.45, 7) is 9.04. The van der Waals surface area contributed by atoms with Gasteiger partial charge in [0, 0.05) is 9.75 Å². The van der Waals surface area contributed by atoms with Crippen molar-refractivity contribution in [3.8, 4) is 0 Å². The van der Waals surface area contributed by atoms with Gasteiger partial charge in [0.15, 0.2) is 0 Å². The maximum Gasteiger partial charge on any atom is 0.0651 e. The maximum atomic E-state index is 2.27.